The maximum Gasteiger partial charge on any atom is 0.408 e. The fraction of sp³-hybridized carbons (Fsp3) is 0.824. The van der Waals surface area contributed by atoms with Gasteiger partial charge in [0.2, 0.25) is 11.8 Å². The second kappa shape index (κ2) is 14.8. The van der Waals surface area contributed by atoms with E-state index in [0.717, 1.165) is 31.6 Å². The molecule has 3 saturated heterocycles. The number of carbonyl (C=O) groups is 4. The van der Waals surface area contributed by atoms with Gasteiger partial charge in [0.15, 0.2) is 0 Å². The van der Waals surface area contributed by atoms with Gasteiger partial charge >= 0.3 is 12.1 Å². The van der Waals surface area contributed by atoms with E-state index < -0.39 is 41.2 Å². The summed E-state index contributed by atoms with van der Waals surface area (Å²) in [7, 11) is 0. The quantitative estimate of drug-likeness (QED) is 0.235. The predicted octanol–water partition coefficient (Wildman–Crippen LogP) is 3.33. The zero-order valence-electron chi connectivity index (χ0n) is 28.7. The normalized spacial score (nSPS) is 37.9. The van der Waals surface area contributed by atoms with Gasteiger partial charge in [-0.3, -0.25) is 9.59 Å². The zero-order chi connectivity index (χ0) is 34.1. The van der Waals surface area contributed by atoms with Crippen molar-refractivity contribution in [3.05, 3.63) is 12.2 Å². The van der Waals surface area contributed by atoms with Crippen LogP contribution in [-0.2, 0) is 19.1 Å². The Balaban J connectivity index is 1.18. The molecule has 48 heavy (non-hydrogen) atoms. The topological polar surface area (TPSA) is 164 Å². The zero-order valence-corrected chi connectivity index (χ0v) is 29.5. The molecule has 13 nitrogen and oxygen atoms in total. The van der Waals surface area contributed by atoms with E-state index in [-0.39, 0.29) is 30.6 Å². The number of allylic oxidation sites excluding steroid dienone is 1. The number of nitrogens with one attached hydrogen (secondary N) is 5. The Morgan fingerprint density at radius 1 is 1.02 bits per heavy atom. The van der Waals surface area contributed by atoms with Crippen LogP contribution in [0.5, 0.6) is 0 Å². The summed E-state index contributed by atoms with van der Waals surface area (Å²) in [4.78, 5) is 55.1. The van der Waals surface area contributed by atoms with Crippen LogP contribution in [0.2, 0.25) is 0 Å². The average Bonchev–Trinajstić information content (AvgIpc) is 3.49. The van der Waals surface area contributed by atoms with Crippen molar-refractivity contribution in [2.45, 2.75) is 157 Å². The molecule has 3 amide bonds. The molecule has 4 unspecified atom stereocenters. The number of carbonyl (C=O) groups excluding carboxylic acids is 3. The van der Waals surface area contributed by atoms with Gasteiger partial charge in [-0.25, -0.2) is 20.4 Å². The average molecular weight is 690 g/mol. The van der Waals surface area contributed by atoms with E-state index in [1.165, 1.54) is 43.4 Å². The SMILES string of the molecule is CC(C)(C)OC(=O)N[C@@H]1CCCCC/C=C\[C@@H]2C[C@]2(C(=O)O)NC(=O)[C@@H]2CC(N3NNC(C4CCC(C5CCCCC5)S4)N3)CN2C1=O. The van der Waals surface area contributed by atoms with Crippen LogP contribution in [-0.4, -0.2) is 91.5 Å². The number of fused-ring (bicyclic) bond motifs is 2. The third kappa shape index (κ3) is 8.14. The maximum absolute atomic E-state index is 14.3. The molecule has 0 aromatic carbocycles. The van der Waals surface area contributed by atoms with Crippen molar-refractivity contribution in [2.24, 2.45) is 11.8 Å². The van der Waals surface area contributed by atoms with E-state index in [9.17, 15) is 24.3 Å². The molecule has 5 fully saturated rings. The third-order valence-electron chi connectivity index (χ3n) is 10.9. The largest absolute Gasteiger partial charge is 0.479 e. The van der Waals surface area contributed by atoms with Gasteiger partial charge < -0.3 is 25.4 Å². The molecule has 8 atom stereocenters. The van der Waals surface area contributed by atoms with E-state index in [1.54, 1.807) is 20.8 Å². The lowest BCUT2D eigenvalue weighted by molar-refractivity contribution is -0.145. The summed E-state index contributed by atoms with van der Waals surface area (Å²) >= 11 is 2.08. The fourth-order valence-corrected chi connectivity index (χ4v) is 10.0. The molecule has 2 aliphatic carbocycles. The molecule has 4 heterocycles. The van der Waals surface area contributed by atoms with Crippen LogP contribution in [0.15, 0.2) is 12.2 Å². The first kappa shape index (κ1) is 35.4. The number of hydrazine groups is 3. The van der Waals surface area contributed by atoms with Gasteiger partial charge in [0.05, 0.1) is 12.2 Å². The van der Waals surface area contributed by atoms with Crippen LogP contribution in [0, 0.1) is 11.8 Å². The van der Waals surface area contributed by atoms with Crippen LogP contribution < -0.4 is 27.0 Å². The summed E-state index contributed by atoms with van der Waals surface area (Å²) in [5, 5.41) is 18.8. The van der Waals surface area contributed by atoms with Gasteiger partial charge in [-0.2, -0.15) is 22.4 Å². The Bertz CT molecular complexity index is 1240. The predicted molar refractivity (Wildman–Crippen MR) is 182 cm³/mol. The molecule has 0 spiro atoms. The number of aliphatic carboxylic acids is 1. The van der Waals surface area contributed by atoms with Gasteiger partial charge in [-0.1, -0.05) is 44.3 Å². The summed E-state index contributed by atoms with van der Waals surface area (Å²) in [5.74, 6) is -1.40. The summed E-state index contributed by atoms with van der Waals surface area (Å²) in [6.45, 7) is 5.53. The van der Waals surface area contributed by atoms with Crippen LogP contribution in [0.1, 0.15) is 111 Å². The lowest BCUT2D eigenvalue weighted by Gasteiger charge is -2.30. The third-order valence-corrected chi connectivity index (χ3v) is 12.8. The second-order valence-corrected chi connectivity index (χ2v) is 17.1. The van der Waals surface area contributed by atoms with Crippen molar-refractivity contribution >= 4 is 35.6 Å². The first-order chi connectivity index (χ1) is 22.9. The number of hydrogen-bond acceptors (Lipinski definition) is 10. The van der Waals surface area contributed by atoms with Crippen LogP contribution >= 0.6 is 11.8 Å². The number of carboxylic acid groups (broad SMARTS) is 1. The van der Waals surface area contributed by atoms with Gasteiger partial charge in [-0.15, -0.1) is 0 Å². The highest BCUT2D eigenvalue weighted by Gasteiger charge is 2.61. The van der Waals surface area contributed by atoms with E-state index in [2.05, 4.69) is 38.8 Å². The second-order valence-electron chi connectivity index (χ2n) is 15.7. The smallest absolute Gasteiger partial charge is 0.408 e. The molecular formula is C34H55N7O6S. The number of alkyl carbamates (subject to hydrolysis) is 1. The Morgan fingerprint density at radius 2 is 1.75 bits per heavy atom. The fourth-order valence-electron chi connectivity index (χ4n) is 8.23. The highest BCUT2D eigenvalue weighted by molar-refractivity contribution is 8.00. The number of ether oxygens (including phenoxy) is 1. The maximum atomic E-state index is 14.3. The van der Waals surface area contributed by atoms with Crippen LogP contribution in [0.3, 0.4) is 0 Å². The number of nitrogens with zero attached hydrogens (tertiary/aromatic N) is 2. The van der Waals surface area contributed by atoms with Crippen LogP contribution in [0.4, 0.5) is 4.79 Å². The summed E-state index contributed by atoms with van der Waals surface area (Å²) in [5.41, 5.74) is 8.14. The molecular weight excluding hydrogens is 634 g/mol. The number of hydrogen-bond donors (Lipinski definition) is 6. The molecule has 6 aliphatic rings. The van der Waals surface area contributed by atoms with Crippen LogP contribution in [0.25, 0.3) is 0 Å². The Morgan fingerprint density at radius 3 is 2.50 bits per heavy atom. The van der Waals surface area contributed by atoms with Gasteiger partial charge in [0.1, 0.15) is 23.2 Å². The van der Waals surface area contributed by atoms with Gasteiger partial charge in [-0.05, 0) is 84.5 Å². The first-order valence-corrected chi connectivity index (χ1v) is 19.1. The van der Waals surface area contributed by atoms with Gasteiger partial charge in [0.25, 0.3) is 0 Å². The number of thioether (sulfide) groups is 1. The summed E-state index contributed by atoms with van der Waals surface area (Å²) in [6.07, 6.45) is 16.5. The Labute approximate surface area is 288 Å². The standard InChI is InChI=1S/C34H55N7O6S/c1-33(2,3)47-32(46)35-24-15-11-6-4-5-10-14-22-19-34(22,31(44)45)36-29(42)25-18-23(20-40(25)30(24)43)41-38-28(37-39-41)27-17-16-26(48-27)21-12-8-7-9-13-21/h10,14,21-28,37-39H,4-9,11-13,15-20H2,1-3H3,(H,35,46)(H,36,42)(H,44,45)/b14-10-/t22-,23?,24-,25+,26?,27?,28?,34+/m1/s1. The minimum Gasteiger partial charge on any atom is -0.479 e. The molecule has 0 radical (unpaired) electrons. The van der Waals surface area contributed by atoms with Crippen molar-refractivity contribution in [3.63, 3.8) is 0 Å². The van der Waals surface area contributed by atoms with Crippen molar-refractivity contribution in [1.82, 2.24) is 37.0 Å². The molecule has 14 heteroatoms. The lowest BCUT2D eigenvalue weighted by atomic mass is 9.85. The monoisotopic (exact) mass is 689 g/mol. The Hall–Kier alpha value is -2.39. The lowest BCUT2D eigenvalue weighted by Crippen LogP contribution is -2.56. The van der Waals surface area contributed by atoms with Crippen molar-refractivity contribution in [2.75, 3.05) is 6.54 Å². The van der Waals surface area contributed by atoms with Crippen molar-refractivity contribution < 1.29 is 29.0 Å². The van der Waals surface area contributed by atoms with E-state index in [1.807, 2.05) is 17.3 Å². The first-order valence-electron chi connectivity index (χ1n) is 18.2. The minimum atomic E-state index is -1.37. The molecule has 268 valence electrons. The number of carboxylic acids is 1. The van der Waals surface area contributed by atoms with E-state index in [0.29, 0.717) is 36.2 Å². The van der Waals surface area contributed by atoms with E-state index >= 15 is 0 Å². The van der Waals surface area contributed by atoms with Crippen molar-refractivity contribution in [3.8, 4) is 0 Å². The highest BCUT2D eigenvalue weighted by Crippen LogP contribution is 2.46. The molecule has 4 aliphatic heterocycles. The van der Waals surface area contributed by atoms with Gasteiger partial charge in [0, 0.05) is 23.0 Å². The summed E-state index contributed by atoms with van der Waals surface area (Å²) < 4.78 is 5.50. The molecule has 6 N–H and O–H groups in total. The number of rotatable bonds is 5. The molecule has 0 bridgehead atoms. The van der Waals surface area contributed by atoms with Crippen molar-refractivity contribution in [1.29, 1.82) is 0 Å². The van der Waals surface area contributed by atoms with E-state index in [4.69, 9.17) is 4.74 Å². The highest BCUT2D eigenvalue weighted by atomic mass is 32.2. The molecule has 0 aromatic rings. The number of amides is 3. The molecule has 0 aromatic heterocycles. The summed E-state index contributed by atoms with van der Waals surface area (Å²) in [6, 6.07) is -2.07. The molecule has 2 saturated carbocycles. The Kier molecular flexibility index (Phi) is 11.0. The minimum absolute atomic E-state index is 0.00188. The molecule has 6 rings (SSSR count).